The van der Waals surface area contributed by atoms with Gasteiger partial charge in [-0.25, -0.2) is 4.79 Å². The normalized spacial score (nSPS) is 18.5. The number of benzene rings is 1. The highest BCUT2D eigenvalue weighted by atomic mass is 16.2. The summed E-state index contributed by atoms with van der Waals surface area (Å²) in [7, 11) is 0. The van der Waals surface area contributed by atoms with Gasteiger partial charge >= 0.3 is 6.03 Å². The van der Waals surface area contributed by atoms with Gasteiger partial charge in [0.15, 0.2) is 0 Å². The second kappa shape index (κ2) is 4.16. The Bertz CT molecular complexity index is 373. The SMILES string of the molecule is CC1(C)CCN(C(=O)Nc2ccccc2)C1. The summed E-state index contributed by atoms with van der Waals surface area (Å²) >= 11 is 0. The summed E-state index contributed by atoms with van der Waals surface area (Å²) < 4.78 is 0. The molecule has 0 aliphatic carbocycles. The Morgan fingerprint density at radius 1 is 1.31 bits per heavy atom. The number of nitrogens with one attached hydrogen (secondary N) is 1. The molecule has 86 valence electrons. The number of likely N-dealkylation sites (tertiary alicyclic amines) is 1. The van der Waals surface area contributed by atoms with Crippen molar-refractivity contribution in [1.82, 2.24) is 4.90 Å². The summed E-state index contributed by atoms with van der Waals surface area (Å²) in [5.41, 5.74) is 1.12. The molecule has 1 aliphatic rings. The first-order chi connectivity index (χ1) is 7.57. The van der Waals surface area contributed by atoms with Crippen LogP contribution < -0.4 is 5.32 Å². The molecule has 2 amide bonds. The molecule has 3 heteroatoms. The van der Waals surface area contributed by atoms with Crippen LogP contribution in [0.2, 0.25) is 0 Å². The first-order valence-corrected chi connectivity index (χ1v) is 5.68. The van der Waals surface area contributed by atoms with Gasteiger partial charge in [0.1, 0.15) is 0 Å². The standard InChI is InChI=1S/C13H18N2O/c1-13(2)8-9-15(10-13)12(16)14-11-6-4-3-5-7-11/h3-7H,8-10H2,1-2H3,(H,14,16). The number of urea groups is 1. The van der Waals surface area contributed by atoms with Crippen LogP contribution in [0.25, 0.3) is 0 Å². The highest BCUT2D eigenvalue weighted by molar-refractivity contribution is 5.89. The maximum Gasteiger partial charge on any atom is 0.321 e. The maximum absolute atomic E-state index is 11.9. The van der Waals surface area contributed by atoms with Gasteiger partial charge in [-0.2, -0.15) is 0 Å². The summed E-state index contributed by atoms with van der Waals surface area (Å²) in [4.78, 5) is 13.8. The minimum absolute atomic E-state index is 0.0109. The minimum atomic E-state index is 0.0109. The van der Waals surface area contributed by atoms with Crippen LogP contribution in [0.5, 0.6) is 0 Å². The molecule has 0 bridgehead atoms. The van der Waals surface area contributed by atoms with Crippen molar-refractivity contribution in [3.05, 3.63) is 30.3 Å². The van der Waals surface area contributed by atoms with Crippen molar-refractivity contribution in [2.75, 3.05) is 18.4 Å². The van der Waals surface area contributed by atoms with E-state index in [-0.39, 0.29) is 11.4 Å². The van der Waals surface area contributed by atoms with E-state index in [0.29, 0.717) is 0 Å². The van der Waals surface area contributed by atoms with E-state index in [1.165, 1.54) is 0 Å². The molecule has 1 aromatic rings. The van der Waals surface area contributed by atoms with Gasteiger partial charge in [0.05, 0.1) is 0 Å². The maximum atomic E-state index is 11.9. The van der Waals surface area contributed by atoms with E-state index in [4.69, 9.17) is 0 Å². The molecule has 1 aliphatic heterocycles. The van der Waals surface area contributed by atoms with Gasteiger partial charge in [-0.1, -0.05) is 32.0 Å². The number of anilines is 1. The molecule has 0 radical (unpaired) electrons. The topological polar surface area (TPSA) is 32.3 Å². The fourth-order valence-electron chi connectivity index (χ4n) is 2.01. The Hall–Kier alpha value is -1.51. The van der Waals surface area contributed by atoms with Gasteiger partial charge in [-0.15, -0.1) is 0 Å². The molecule has 1 N–H and O–H groups in total. The fourth-order valence-corrected chi connectivity index (χ4v) is 2.01. The average molecular weight is 218 g/mol. The van der Waals surface area contributed by atoms with Gasteiger partial charge in [0, 0.05) is 18.8 Å². The van der Waals surface area contributed by atoms with Crippen LogP contribution in [0.15, 0.2) is 30.3 Å². The van der Waals surface area contributed by atoms with Gasteiger partial charge < -0.3 is 10.2 Å². The quantitative estimate of drug-likeness (QED) is 0.772. The molecule has 16 heavy (non-hydrogen) atoms. The second-order valence-electron chi connectivity index (χ2n) is 5.13. The minimum Gasteiger partial charge on any atom is -0.324 e. The third-order valence-corrected chi connectivity index (χ3v) is 2.99. The summed E-state index contributed by atoms with van der Waals surface area (Å²) in [6.07, 6.45) is 1.08. The van der Waals surface area contributed by atoms with E-state index in [2.05, 4.69) is 19.2 Å². The molecule has 1 fully saturated rings. The summed E-state index contributed by atoms with van der Waals surface area (Å²) in [5.74, 6) is 0. The Labute approximate surface area is 96.5 Å². The van der Waals surface area contributed by atoms with Crippen molar-refractivity contribution in [2.45, 2.75) is 20.3 Å². The molecule has 0 spiro atoms. The predicted molar refractivity (Wildman–Crippen MR) is 65.4 cm³/mol. The highest BCUT2D eigenvalue weighted by Crippen LogP contribution is 2.28. The number of hydrogen-bond donors (Lipinski definition) is 1. The smallest absolute Gasteiger partial charge is 0.321 e. The van der Waals surface area contributed by atoms with Crippen LogP contribution in [-0.4, -0.2) is 24.0 Å². The van der Waals surface area contributed by atoms with E-state index in [1.807, 2.05) is 35.2 Å². The molecule has 1 heterocycles. The van der Waals surface area contributed by atoms with Crippen LogP contribution >= 0.6 is 0 Å². The largest absolute Gasteiger partial charge is 0.324 e. The molecule has 0 aromatic heterocycles. The Kier molecular flexibility index (Phi) is 2.86. The fraction of sp³-hybridized carbons (Fsp3) is 0.462. The van der Waals surface area contributed by atoms with Gasteiger partial charge in [-0.05, 0) is 24.0 Å². The average Bonchev–Trinajstić information content (AvgIpc) is 2.60. The van der Waals surface area contributed by atoms with E-state index in [9.17, 15) is 4.79 Å². The molecule has 3 nitrogen and oxygen atoms in total. The zero-order valence-electron chi connectivity index (χ0n) is 9.86. The first kappa shape index (κ1) is 11.0. The molecule has 0 saturated carbocycles. The van der Waals surface area contributed by atoms with Crippen molar-refractivity contribution in [1.29, 1.82) is 0 Å². The van der Waals surface area contributed by atoms with Crippen molar-refractivity contribution >= 4 is 11.7 Å². The van der Waals surface area contributed by atoms with E-state index in [1.54, 1.807) is 0 Å². The lowest BCUT2D eigenvalue weighted by Crippen LogP contribution is -2.34. The van der Waals surface area contributed by atoms with Crippen molar-refractivity contribution in [2.24, 2.45) is 5.41 Å². The molecular weight excluding hydrogens is 200 g/mol. The van der Waals surface area contributed by atoms with Crippen molar-refractivity contribution in [3.8, 4) is 0 Å². The monoisotopic (exact) mass is 218 g/mol. The van der Waals surface area contributed by atoms with Gasteiger partial charge in [0.2, 0.25) is 0 Å². The van der Waals surface area contributed by atoms with Crippen LogP contribution in [0.4, 0.5) is 10.5 Å². The number of carbonyl (C=O) groups excluding carboxylic acids is 1. The third kappa shape index (κ3) is 2.54. The predicted octanol–water partition coefficient (Wildman–Crippen LogP) is 2.95. The second-order valence-corrected chi connectivity index (χ2v) is 5.13. The Morgan fingerprint density at radius 3 is 2.56 bits per heavy atom. The number of rotatable bonds is 1. The van der Waals surface area contributed by atoms with Gasteiger partial charge in [0.25, 0.3) is 0 Å². The molecule has 2 rings (SSSR count). The zero-order chi connectivity index (χ0) is 11.6. The van der Waals surface area contributed by atoms with Crippen molar-refractivity contribution < 1.29 is 4.79 Å². The van der Waals surface area contributed by atoms with Gasteiger partial charge in [-0.3, -0.25) is 0 Å². The van der Waals surface area contributed by atoms with E-state index < -0.39 is 0 Å². The first-order valence-electron chi connectivity index (χ1n) is 5.68. The molecule has 0 atom stereocenters. The lowest BCUT2D eigenvalue weighted by Gasteiger charge is -2.20. The molecular formula is C13H18N2O. The van der Waals surface area contributed by atoms with Crippen LogP contribution in [-0.2, 0) is 0 Å². The lowest BCUT2D eigenvalue weighted by molar-refractivity contribution is 0.217. The van der Waals surface area contributed by atoms with E-state index in [0.717, 1.165) is 25.2 Å². The van der Waals surface area contributed by atoms with Crippen molar-refractivity contribution in [3.63, 3.8) is 0 Å². The molecule has 1 aromatic carbocycles. The third-order valence-electron chi connectivity index (χ3n) is 2.99. The number of para-hydroxylation sites is 1. The Morgan fingerprint density at radius 2 is 2.00 bits per heavy atom. The number of hydrogen-bond acceptors (Lipinski definition) is 1. The summed E-state index contributed by atoms with van der Waals surface area (Å²) in [5, 5.41) is 2.91. The van der Waals surface area contributed by atoms with E-state index >= 15 is 0 Å². The number of amides is 2. The van der Waals surface area contributed by atoms with Crippen LogP contribution in [0.3, 0.4) is 0 Å². The molecule has 0 unspecified atom stereocenters. The summed E-state index contributed by atoms with van der Waals surface area (Å²) in [6.45, 7) is 6.09. The Balaban J connectivity index is 1.95. The summed E-state index contributed by atoms with van der Waals surface area (Å²) in [6, 6.07) is 9.59. The van der Waals surface area contributed by atoms with Crippen LogP contribution in [0, 0.1) is 5.41 Å². The number of nitrogens with zero attached hydrogens (tertiary/aromatic N) is 1. The number of carbonyl (C=O) groups is 1. The van der Waals surface area contributed by atoms with Crippen LogP contribution in [0.1, 0.15) is 20.3 Å². The lowest BCUT2D eigenvalue weighted by atomic mass is 9.93. The zero-order valence-corrected chi connectivity index (χ0v) is 9.86. The molecule has 1 saturated heterocycles. The highest BCUT2D eigenvalue weighted by Gasteiger charge is 2.31.